The van der Waals surface area contributed by atoms with E-state index in [9.17, 15) is 43.5 Å². The van der Waals surface area contributed by atoms with Crippen LogP contribution in [-0.4, -0.2) is 101 Å². The Morgan fingerprint density at radius 2 is 1.39 bits per heavy atom. The molecule has 16 heteroatoms. The summed E-state index contributed by atoms with van der Waals surface area (Å²) in [7, 11) is 0. The highest BCUT2D eigenvalue weighted by molar-refractivity contribution is 5.92. The summed E-state index contributed by atoms with van der Waals surface area (Å²) < 4.78 is 39.9. The minimum Gasteiger partial charge on any atom is -0.458 e. The average Bonchev–Trinajstić information content (AvgIpc) is 3.32. The van der Waals surface area contributed by atoms with E-state index in [4.69, 9.17) is 33.2 Å². The standard InChI is InChI=1S/C41H52O16/c1-21(2)37(48)56-32-23(4)31(52-24(5)42)30-35(55-29(46)19-51-38(49)28-15-13-12-14-16-28)40(11,57-27(8)45)20-41(30,50)34(47)22(3)17-18-39(9,10)36(54-26(7)44)33(32)53-25(6)43/h12-18,21-22,30-33,35-36,50H,4,19-20H2,1-3,5-11H3. The molecule has 0 aliphatic heterocycles. The molecule has 0 saturated heterocycles. The molecule has 0 radical (unpaired) electrons. The molecule has 9 atom stereocenters. The maximum atomic E-state index is 14.6. The Morgan fingerprint density at radius 1 is 0.807 bits per heavy atom. The second-order valence-electron chi connectivity index (χ2n) is 15.4. The quantitative estimate of drug-likeness (QED) is 0.203. The molecule has 3 rings (SSSR count). The van der Waals surface area contributed by atoms with Crippen LogP contribution >= 0.6 is 0 Å². The van der Waals surface area contributed by atoms with Gasteiger partial charge in [-0.1, -0.05) is 71.5 Å². The summed E-state index contributed by atoms with van der Waals surface area (Å²) in [5, 5.41) is 12.8. The third kappa shape index (κ3) is 10.9. The second kappa shape index (κ2) is 18.3. The van der Waals surface area contributed by atoms with E-state index in [0.717, 1.165) is 27.7 Å². The van der Waals surface area contributed by atoms with E-state index in [1.165, 1.54) is 52.0 Å². The first kappa shape index (κ1) is 46.0. The van der Waals surface area contributed by atoms with Crippen molar-refractivity contribution in [2.24, 2.45) is 23.2 Å². The van der Waals surface area contributed by atoms with Gasteiger partial charge in [-0.05, 0) is 19.1 Å². The Hall–Kier alpha value is -5.38. The molecule has 1 aromatic carbocycles. The number of Topliss-reactive ketones (excluding diaryl/α,β-unsaturated/α-hetero) is 1. The lowest BCUT2D eigenvalue weighted by Gasteiger charge is -2.44. The molecule has 0 heterocycles. The third-order valence-electron chi connectivity index (χ3n) is 9.71. The lowest BCUT2D eigenvalue weighted by atomic mass is 9.72. The highest BCUT2D eigenvalue weighted by Crippen LogP contribution is 2.52. The number of esters is 7. The molecule has 1 N–H and O–H groups in total. The van der Waals surface area contributed by atoms with Crippen LogP contribution in [0.15, 0.2) is 54.6 Å². The normalized spacial score (nSPS) is 29.7. The highest BCUT2D eigenvalue weighted by Gasteiger charge is 2.69. The molecule has 0 amide bonds. The minimum absolute atomic E-state index is 0.114. The van der Waals surface area contributed by atoms with E-state index < -0.39 is 131 Å². The molecule has 57 heavy (non-hydrogen) atoms. The second-order valence-corrected chi connectivity index (χ2v) is 15.4. The topological polar surface area (TPSA) is 221 Å². The highest BCUT2D eigenvalue weighted by atomic mass is 16.6. The van der Waals surface area contributed by atoms with E-state index in [1.807, 2.05) is 0 Å². The van der Waals surface area contributed by atoms with Crippen LogP contribution in [0.2, 0.25) is 0 Å². The number of aliphatic hydroxyl groups is 1. The Labute approximate surface area is 331 Å². The van der Waals surface area contributed by atoms with Crippen molar-refractivity contribution in [3.8, 4) is 0 Å². The van der Waals surface area contributed by atoms with E-state index >= 15 is 0 Å². The molecular formula is C41H52O16. The van der Waals surface area contributed by atoms with Gasteiger partial charge in [-0.2, -0.15) is 0 Å². The van der Waals surface area contributed by atoms with Crippen molar-refractivity contribution in [3.05, 3.63) is 60.2 Å². The van der Waals surface area contributed by atoms with Crippen LogP contribution in [0.5, 0.6) is 0 Å². The zero-order valence-electron chi connectivity index (χ0n) is 33.9. The van der Waals surface area contributed by atoms with Crippen LogP contribution in [0.3, 0.4) is 0 Å². The Morgan fingerprint density at radius 3 is 1.91 bits per heavy atom. The van der Waals surface area contributed by atoms with E-state index in [-0.39, 0.29) is 5.56 Å². The number of carbonyl (C=O) groups is 8. The van der Waals surface area contributed by atoms with Crippen LogP contribution in [-0.2, 0) is 66.7 Å². The first-order valence-corrected chi connectivity index (χ1v) is 18.3. The Bertz CT molecular complexity index is 1780. The summed E-state index contributed by atoms with van der Waals surface area (Å²) in [6.07, 6.45) is -6.67. The fourth-order valence-corrected chi connectivity index (χ4v) is 7.22. The lowest BCUT2D eigenvalue weighted by molar-refractivity contribution is -0.195. The summed E-state index contributed by atoms with van der Waals surface area (Å²) in [5.41, 5.74) is -6.32. The van der Waals surface area contributed by atoms with Gasteiger partial charge >= 0.3 is 41.8 Å². The zero-order valence-corrected chi connectivity index (χ0v) is 33.9. The fourth-order valence-electron chi connectivity index (χ4n) is 7.22. The van der Waals surface area contributed by atoms with Gasteiger partial charge in [-0.3, -0.25) is 28.8 Å². The summed E-state index contributed by atoms with van der Waals surface area (Å²) in [5.74, 6) is -11.4. The van der Waals surface area contributed by atoms with Crippen molar-refractivity contribution in [2.45, 2.75) is 117 Å². The largest absolute Gasteiger partial charge is 0.458 e. The van der Waals surface area contributed by atoms with Gasteiger partial charge in [-0.25, -0.2) is 9.59 Å². The number of allylic oxidation sites excluding steroid dienone is 1. The van der Waals surface area contributed by atoms with Crippen LogP contribution < -0.4 is 0 Å². The van der Waals surface area contributed by atoms with Crippen molar-refractivity contribution in [1.82, 2.24) is 0 Å². The Balaban J connectivity index is 2.40. The molecule has 0 bridgehead atoms. The molecule has 9 unspecified atom stereocenters. The van der Waals surface area contributed by atoms with Crippen LogP contribution in [0.25, 0.3) is 0 Å². The molecule has 16 nitrogen and oxygen atoms in total. The molecule has 2 aliphatic carbocycles. The van der Waals surface area contributed by atoms with Crippen molar-refractivity contribution in [2.75, 3.05) is 6.61 Å². The van der Waals surface area contributed by atoms with Crippen molar-refractivity contribution in [3.63, 3.8) is 0 Å². The summed E-state index contributed by atoms with van der Waals surface area (Å²) in [6.45, 7) is 16.2. The number of hydrogen-bond acceptors (Lipinski definition) is 16. The van der Waals surface area contributed by atoms with Crippen LogP contribution in [0, 0.1) is 23.2 Å². The van der Waals surface area contributed by atoms with Gasteiger partial charge in [0.2, 0.25) is 0 Å². The van der Waals surface area contributed by atoms with Crippen molar-refractivity contribution in [1.29, 1.82) is 0 Å². The van der Waals surface area contributed by atoms with Crippen LogP contribution in [0.4, 0.5) is 0 Å². The average molecular weight is 801 g/mol. The van der Waals surface area contributed by atoms with Crippen LogP contribution in [0.1, 0.15) is 86.0 Å². The van der Waals surface area contributed by atoms with E-state index in [2.05, 4.69) is 6.58 Å². The number of ether oxygens (including phenoxy) is 7. The SMILES string of the molecule is C=C1C(OC(=O)C(C)C)C(OC(C)=O)C(OC(C)=O)C(C)(C)C=CC(C)C(=O)C2(O)CC(C)(OC(C)=O)C(OC(=O)COC(=O)c3ccccc3)C2C1OC(C)=O. The number of benzene rings is 1. The van der Waals surface area contributed by atoms with Gasteiger partial charge < -0.3 is 38.3 Å². The molecule has 2 aliphatic rings. The Kier molecular flexibility index (Phi) is 14.7. The molecule has 1 aromatic rings. The van der Waals surface area contributed by atoms with Gasteiger partial charge in [0.1, 0.15) is 17.3 Å². The predicted octanol–water partition coefficient (Wildman–Crippen LogP) is 3.55. The molecule has 0 aromatic heterocycles. The number of rotatable bonds is 10. The molecule has 1 fully saturated rings. The number of carbonyl (C=O) groups excluding carboxylic acids is 8. The first-order chi connectivity index (χ1) is 26.3. The maximum Gasteiger partial charge on any atom is 0.344 e. The van der Waals surface area contributed by atoms with Gasteiger partial charge in [0.25, 0.3) is 0 Å². The third-order valence-corrected chi connectivity index (χ3v) is 9.71. The monoisotopic (exact) mass is 800 g/mol. The molecular weight excluding hydrogens is 748 g/mol. The fraction of sp³-hybridized carbons (Fsp3) is 0.561. The summed E-state index contributed by atoms with van der Waals surface area (Å²) >= 11 is 0. The number of fused-ring (bicyclic) bond motifs is 1. The van der Waals surface area contributed by atoms with E-state index in [0.29, 0.717) is 0 Å². The van der Waals surface area contributed by atoms with Crippen molar-refractivity contribution < 1.29 is 76.6 Å². The zero-order chi connectivity index (χ0) is 43.2. The maximum absolute atomic E-state index is 14.6. The van der Waals surface area contributed by atoms with Crippen molar-refractivity contribution >= 4 is 47.6 Å². The molecule has 0 spiro atoms. The predicted molar refractivity (Wildman–Crippen MR) is 197 cm³/mol. The van der Waals surface area contributed by atoms with Gasteiger partial charge in [0.05, 0.1) is 17.4 Å². The number of hydrogen-bond donors (Lipinski definition) is 1. The smallest absolute Gasteiger partial charge is 0.344 e. The molecule has 312 valence electrons. The minimum atomic E-state index is -2.68. The van der Waals surface area contributed by atoms with Gasteiger partial charge in [0.15, 0.2) is 36.8 Å². The summed E-state index contributed by atoms with van der Waals surface area (Å²) in [4.78, 5) is 105. The van der Waals surface area contributed by atoms with E-state index in [1.54, 1.807) is 32.0 Å². The van der Waals surface area contributed by atoms with Gasteiger partial charge in [0, 0.05) is 51.0 Å². The molecule has 1 saturated carbocycles. The summed E-state index contributed by atoms with van der Waals surface area (Å²) in [6, 6.07) is 7.71. The first-order valence-electron chi connectivity index (χ1n) is 18.3. The number of ketones is 1. The van der Waals surface area contributed by atoms with Gasteiger partial charge in [-0.15, -0.1) is 0 Å². The lowest BCUT2D eigenvalue weighted by Crippen LogP contribution is -2.58.